The Kier molecular flexibility index (Phi) is 5.45. The Morgan fingerprint density at radius 2 is 1.96 bits per heavy atom. The van der Waals surface area contributed by atoms with Crippen LogP contribution in [-0.2, 0) is 13.0 Å². The summed E-state index contributed by atoms with van der Waals surface area (Å²) in [6, 6.07) is 9.99. The topological polar surface area (TPSA) is 42.2 Å². The molecule has 2 heterocycles. The van der Waals surface area contributed by atoms with Crippen LogP contribution in [0.1, 0.15) is 30.0 Å². The van der Waals surface area contributed by atoms with E-state index in [0.29, 0.717) is 30.4 Å². The summed E-state index contributed by atoms with van der Waals surface area (Å²) < 4.78 is 14.8. The van der Waals surface area contributed by atoms with Gasteiger partial charge in [-0.3, -0.25) is 0 Å². The second kappa shape index (κ2) is 7.58. The molecule has 1 N–H and O–H groups in total. The van der Waals surface area contributed by atoms with E-state index in [9.17, 15) is 4.39 Å². The van der Waals surface area contributed by atoms with Crippen LogP contribution in [0, 0.1) is 6.92 Å². The molecule has 4 nitrogen and oxygen atoms in total. The lowest BCUT2D eigenvalue weighted by Crippen LogP contribution is -2.06. The lowest BCUT2D eigenvalue weighted by atomic mass is 10.1. The molecule has 3 rings (SSSR count). The largest absolute Gasteiger partial charge is 0.364 e. The first kappa shape index (κ1) is 18.0. The van der Waals surface area contributed by atoms with E-state index in [2.05, 4.69) is 15.4 Å². The molecule has 0 bridgehead atoms. The van der Waals surface area contributed by atoms with Crippen molar-refractivity contribution in [1.29, 1.82) is 0 Å². The van der Waals surface area contributed by atoms with E-state index in [1.165, 1.54) is 0 Å². The highest BCUT2D eigenvalue weighted by atomic mass is 35.5. The highest BCUT2D eigenvalue weighted by molar-refractivity contribution is 6.31. The molecule has 1 atom stereocenters. The number of nitrogens with zero attached hydrogens (tertiary/aromatic N) is 3. The second-order valence-electron chi connectivity index (χ2n) is 6.04. The van der Waals surface area contributed by atoms with Gasteiger partial charge < -0.3 is 5.32 Å². The van der Waals surface area contributed by atoms with Gasteiger partial charge in [-0.2, -0.15) is 4.98 Å². The zero-order valence-corrected chi connectivity index (χ0v) is 15.6. The van der Waals surface area contributed by atoms with Crippen LogP contribution in [0.4, 0.5) is 10.2 Å². The number of alkyl halides is 1. The van der Waals surface area contributed by atoms with Gasteiger partial charge in [0.05, 0.1) is 6.17 Å². The summed E-state index contributed by atoms with van der Waals surface area (Å²) in [6.45, 7) is 4.09. The number of halogens is 3. The van der Waals surface area contributed by atoms with Gasteiger partial charge in [-0.15, -0.1) is 5.10 Å². The average Bonchev–Trinajstić information content (AvgIpc) is 2.82. The van der Waals surface area contributed by atoms with E-state index >= 15 is 0 Å². The van der Waals surface area contributed by atoms with Gasteiger partial charge in [0, 0.05) is 6.54 Å². The fourth-order valence-electron chi connectivity index (χ4n) is 2.84. The third-order valence-corrected chi connectivity index (χ3v) is 4.71. The van der Waals surface area contributed by atoms with Crippen molar-refractivity contribution in [2.24, 2.45) is 0 Å². The minimum atomic E-state index is -0.885. The molecule has 0 fully saturated rings. The van der Waals surface area contributed by atoms with E-state index in [1.807, 2.05) is 37.3 Å². The van der Waals surface area contributed by atoms with Gasteiger partial charge in [-0.05, 0) is 55.0 Å². The van der Waals surface area contributed by atoms with E-state index in [4.69, 9.17) is 23.2 Å². The number of fused-ring (bicyclic) bond motifs is 1. The first-order chi connectivity index (χ1) is 12.0. The molecule has 25 heavy (non-hydrogen) atoms. The molecule has 0 saturated carbocycles. The number of anilines is 1. The van der Waals surface area contributed by atoms with Crippen molar-refractivity contribution < 1.29 is 4.39 Å². The maximum absolute atomic E-state index is 13.2. The summed E-state index contributed by atoms with van der Waals surface area (Å²) >= 11 is 12.5. The summed E-state index contributed by atoms with van der Waals surface area (Å²) in [5.74, 6) is 0.614. The van der Waals surface area contributed by atoms with Crippen molar-refractivity contribution in [3.63, 3.8) is 0 Å². The molecule has 0 radical (unpaired) electrons. The molecule has 3 aromatic rings. The summed E-state index contributed by atoms with van der Waals surface area (Å²) in [4.78, 5) is 4.32. The number of aryl methyl sites for hydroxylation is 1. The van der Waals surface area contributed by atoms with Crippen molar-refractivity contribution >= 4 is 34.5 Å². The van der Waals surface area contributed by atoms with Crippen molar-refractivity contribution in [2.75, 3.05) is 5.32 Å². The number of hydrogen-bond donors (Lipinski definition) is 1. The molecule has 132 valence electrons. The van der Waals surface area contributed by atoms with E-state index < -0.39 is 6.17 Å². The van der Waals surface area contributed by atoms with Gasteiger partial charge >= 0.3 is 0 Å². The van der Waals surface area contributed by atoms with Crippen LogP contribution in [0.15, 0.2) is 30.3 Å². The van der Waals surface area contributed by atoms with Crippen molar-refractivity contribution in [3.8, 4) is 0 Å². The number of nitrogens with one attached hydrogen (secondary N) is 1. The zero-order chi connectivity index (χ0) is 18.0. The molecule has 0 amide bonds. The Morgan fingerprint density at radius 3 is 2.64 bits per heavy atom. The summed E-state index contributed by atoms with van der Waals surface area (Å²) in [5, 5.41) is 8.07. The zero-order valence-electron chi connectivity index (χ0n) is 14.1. The fourth-order valence-corrected chi connectivity index (χ4v) is 3.36. The van der Waals surface area contributed by atoms with Crippen LogP contribution >= 0.6 is 23.2 Å². The number of hydrogen-bond acceptors (Lipinski definition) is 3. The molecule has 0 aliphatic heterocycles. The van der Waals surface area contributed by atoms with Crippen LogP contribution in [0.3, 0.4) is 0 Å². The smallest absolute Gasteiger partial charge is 0.243 e. The predicted molar refractivity (Wildman–Crippen MR) is 100 cm³/mol. The van der Waals surface area contributed by atoms with Gasteiger partial charge in [0.15, 0.2) is 5.82 Å². The number of rotatable bonds is 6. The molecule has 7 heteroatoms. The quantitative estimate of drug-likeness (QED) is 0.634. The van der Waals surface area contributed by atoms with Crippen molar-refractivity contribution in [2.45, 2.75) is 39.4 Å². The van der Waals surface area contributed by atoms with Crippen LogP contribution in [-0.4, -0.2) is 20.8 Å². The third-order valence-electron chi connectivity index (χ3n) is 4.16. The molecule has 0 saturated heterocycles. The van der Waals surface area contributed by atoms with Crippen LogP contribution < -0.4 is 5.32 Å². The first-order valence-corrected chi connectivity index (χ1v) is 8.88. The minimum absolute atomic E-state index is 0.102. The highest BCUT2D eigenvalue weighted by Gasteiger charge is 2.20. The molecule has 1 aromatic carbocycles. The first-order valence-electron chi connectivity index (χ1n) is 8.12. The summed E-state index contributed by atoms with van der Waals surface area (Å²) in [7, 11) is 0. The second-order valence-corrected chi connectivity index (χ2v) is 6.74. The average molecular weight is 381 g/mol. The summed E-state index contributed by atoms with van der Waals surface area (Å²) in [5.41, 5.74) is 3.72. The van der Waals surface area contributed by atoms with E-state index in [1.54, 1.807) is 11.4 Å². The number of aromatic nitrogens is 3. The van der Waals surface area contributed by atoms with E-state index in [0.717, 1.165) is 22.2 Å². The monoisotopic (exact) mass is 380 g/mol. The SMILES string of the molecule is Cc1c(CCC(C)F)c(Cl)n2nc(Cl)nc(NCc3ccccc3)c12. The minimum Gasteiger partial charge on any atom is -0.364 e. The van der Waals surface area contributed by atoms with Gasteiger partial charge in [-0.1, -0.05) is 41.9 Å². The maximum atomic E-state index is 13.2. The molecule has 0 aliphatic carbocycles. The Bertz CT molecular complexity index is 878. The Hall–Kier alpha value is -1.85. The maximum Gasteiger partial charge on any atom is 0.243 e. The predicted octanol–water partition coefficient (Wildman–Crippen LogP) is 5.25. The normalized spacial score (nSPS) is 12.5. The highest BCUT2D eigenvalue weighted by Crippen LogP contribution is 2.32. The Morgan fingerprint density at radius 1 is 1.24 bits per heavy atom. The molecule has 2 aromatic heterocycles. The lowest BCUT2D eigenvalue weighted by molar-refractivity contribution is 0.341. The molecular formula is C18H19Cl2FN4. The Balaban J connectivity index is 1.99. The standard InChI is InChI=1S/C18H19Cl2FN4/c1-11(21)8-9-14-12(2)15-17(22-10-13-6-4-3-5-7-13)23-18(20)24-25(15)16(14)19/h3-7,11H,8-10H2,1-2H3,(H,22,23,24). The van der Waals surface area contributed by atoms with Gasteiger partial charge in [0.1, 0.15) is 10.7 Å². The van der Waals surface area contributed by atoms with Crippen LogP contribution in [0.25, 0.3) is 5.52 Å². The molecule has 0 spiro atoms. The van der Waals surface area contributed by atoms with Crippen molar-refractivity contribution in [1.82, 2.24) is 14.6 Å². The van der Waals surface area contributed by atoms with Crippen LogP contribution in [0.2, 0.25) is 10.4 Å². The van der Waals surface area contributed by atoms with Gasteiger partial charge in [-0.25, -0.2) is 8.91 Å². The lowest BCUT2D eigenvalue weighted by Gasteiger charge is -2.09. The van der Waals surface area contributed by atoms with Crippen LogP contribution in [0.5, 0.6) is 0 Å². The fraction of sp³-hybridized carbons (Fsp3) is 0.333. The third kappa shape index (κ3) is 3.88. The Labute approximate surface area is 156 Å². The summed E-state index contributed by atoms with van der Waals surface area (Å²) in [6.07, 6.45) is 0.0659. The molecule has 1 unspecified atom stereocenters. The molecular weight excluding hydrogens is 362 g/mol. The van der Waals surface area contributed by atoms with Gasteiger partial charge in [0.2, 0.25) is 5.28 Å². The van der Waals surface area contributed by atoms with Crippen molar-refractivity contribution in [3.05, 3.63) is 57.5 Å². The molecule has 0 aliphatic rings. The number of benzene rings is 1. The van der Waals surface area contributed by atoms with Gasteiger partial charge in [0.25, 0.3) is 0 Å². The van der Waals surface area contributed by atoms with E-state index in [-0.39, 0.29) is 5.28 Å².